The molecule has 1 atom stereocenters. The van der Waals surface area contributed by atoms with Crippen molar-refractivity contribution < 1.29 is 18.3 Å². The van der Waals surface area contributed by atoms with Crippen molar-refractivity contribution in [3.63, 3.8) is 0 Å². The van der Waals surface area contributed by atoms with Gasteiger partial charge in [0, 0.05) is 25.0 Å². The summed E-state index contributed by atoms with van der Waals surface area (Å²) in [5, 5.41) is 17.6. The van der Waals surface area contributed by atoms with E-state index in [1.165, 1.54) is 17.1 Å². The van der Waals surface area contributed by atoms with Crippen molar-refractivity contribution in [1.29, 1.82) is 0 Å². The SMILES string of the molecule is Cn1cc(-c2nn(C3CCS(=O)(=O)C3)cc2C(=O)O)cn1. The topological polar surface area (TPSA) is 107 Å². The number of sulfone groups is 1. The third-order valence-electron chi connectivity index (χ3n) is 3.52. The molecule has 3 rings (SSSR count). The second-order valence-corrected chi connectivity index (χ2v) is 7.36. The highest BCUT2D eigenvalue weighted by molar-refractivity contribution is 7.91. The molecule has 1 aliphatic heterocycles. The first kappa shape index (κ1) is 13.8. The van der Waals surface area contributed by atoms with Crippen LogP contribution in [0.25, 0.3) is 11.3 Å². The van der Waals surface area contributed by atoms with Crippen molar-refractivity contribution in [2.24, 2.45) is 7.05 Å². The Hall–Kier alpha value is -2.16. The first-order chi connectivity index (χ1) is 9.85. The van der Waals surface area contributed by atoms with Crippen molar-refractivity contribution in [2.75, 3.05) is 11.5 Å². The molecule has 2 aromatic rings. The summed E-state index contributed by atoms with van der Waals surface area (Å²) >= 11 is 0. The van der Waals surface area contributed by atoms with Crippen molar-refractivity contribution in [2.45, 2.75) is 12.5 Å². The van der Waals surface area contributed by atoms with Gasteiger partial charge in [-0.2, -0.15) is 10.2 Å². The van der Waals surface area contributed by atoms with Crippen molar-refractivity contribution >= 4 is 15.8 Å². The summed E-state index contributed by atoms with van der Waals surface area (Å²) in [6.45, 7) is 0. The van der Waals surface area contributed by atoms with E-state index < -0.39 is 15.8 Å². The van der Waals surface area contributed by atoms with E-state index in [1.807, 2.05) is 0 Å². The summed E-state index contributed by atoms with van der Waals surface area (Å²) in [6, 6.07) is -0.307. The smallest absolute Gasteiger partial charge is 0.339 e. The summed E-state index contributed by atoms with van der Waals surface area (Å²) in [5.74, 6) is -0.983. The van der Waals surface area contributed by atoms with Gasteiger partial charge in [-0.05, 0) is 6.42 Å². The molecule has 1 saturated heterocycles. The van der Waals surface area contributed by atoms with Gasteiger partial charge in [-0.3, -0.25) is 9.36 Å². The van der Waals surface area contributed by atoms with Crippen LogP contribution in [0.2, 0.25) is 0 Å². The Morgan fingerprint density at radius 1 is 1.43 bits per heavy atom. The second-order valence-electron chi connectivity index (χ2n) is 5.14. The molecule has 1 N–H and O–H groups in total. The van der Waals surface area contributed by atoms with Gasteiger partial charge >= 0.3 is 5.97 Å². The maximum atomic E-state index is 11.5. The van der Waals surface area contributed by atoms with Gasteiger partial charge in [0.15, 0.2) is 9.84 Å². The molecule has 8 nitrogen and oxygen atoms in total. The summed E-state index contributed by atoms with van der Waals surface area (Å²) in [5.41, 5.74) is 0.946. The Morgan fingerprint density at radius 3 is 2.71 bits per heavy atom. The summed E-state index contributed by atoms with van der Waals surface area (Å²) < 4.78 is 26.1. The van der Waals surface area contributed by atoms with Gasteiger partial charge in [0.2, 0.25) is 0 Å². The highest BCUT2D eigenvalue weighted by Gasteiger charge is 2.31. The molecule has 0 bridgehead atoms. The monoisotopic (exact) mass is 310 g/mol. The van der Waals surface area contributed by atoms with Crippen LogP contribution in [0, 0.1) is 0 Å². The quantitative estimate of drug-likeness (QED) is 0.876. The predicted octanol–water partition coefficient (Wildman–Crippen LogP) is 0.341. The highest BCUT2D eigenvalue weighted by Crippen LogP contribution is 2.27. The van der Waals surface area contributed by atoms with Gasteiger partial charge in [0.05, 0.1) is 23.7 Å². The number of hydrogen-bond acceptors (Lipinski definition) is 5. The molecule has 3 heterocycles. The second kappa shape index (κ2) is 4.69. The number of aryl methyl sites for hydroxylation is 1. The van der Waals surface area contributed by atoms with Gasteiger partial charge in [0.1, 0.15) is 11.3 Å². The zero-order valence-corrected chi connectivity index (χ0v) is 12.1. The zero-order valence-electron chi connectivity index (χ0n) is 11.3. The molecule has 0 spiro atoms. The van der Waals surface area contributed by atoms with Crippen LogP contribution in [0.4, 0.5) is 0 Å². The van der Waals surface area contributed by atoms with E-state index in [4.69, 9.17) is 0 Å². The highest BCUT2D eigenvalue weighted by atomic mass is 32.2. The molecule has 1 unspecified atom stereocenters. The molecule has 1 fully saturated rings. The van der Waals surface area contributed by atoms with Gasteiger partial charge in [-0.1, -0.05) is 0 Å². The molecule has 112 valence electrons. The van der Waals surface area contributed by atoms with Gasteiger partial charge in [-0.15, -0.1) is 0 Å². The van der Waals surface area contributed by atoms with Crippen LogP contribution in [0.15, 0.2) is 18.6 Å². The molecule has 9 heteroatoms. The molecule has 0 saturated carbocycles. The van der Waals surface area contributed by atoms with Crippen molar-refractivity contribution in [3.05, 3.63) is 24.2 Å². The minimum atomic E-state index is -3.05. The molecule has 0 amide bonds. The number of carboxylic acid groups (broad SMARTS) is 1. The Morgan fingerprint density at radius 2 is 2.19 bits per heavy atom. The average Bonchev–Trinajstić information content (AvgIpc) is 3.06. The minimum Gasteiger partial charge on any atom is -0.478 e. The lowest BCUT2D eigenvalue weighted by Gasteiger charge is -2.07. The fraction of sp³-hybridized carbons (Fsp3) is 0.417. The Kier molecular flexibility index (Phi) is 3.08. The maximum absolute atomic E-state index is 11.5. The van der Waals surface area contributed by atoms with Crippen LogP contribution < -0.4 is 0 Å². The van der Waals surface area contributed by atoms with E-state index in [0.717, 1.165) is 0 Å². The number of nitrogens with zero attached hydrogens (tertiary/aromatic N) is 4. The van der Waals surface area contributed by atoms with E-state index in [1.54, 1.807) is 17.9 Å². The number of rotatable bonds is 3. The van der Waals surface area contributed by atoms with Gasteiger partial charge in [-0.25, -0.2) is 13.2 Å². The molecular formula is C12H14N4O4S. The third kappa shape index (κ3) is 2.56. The van der Waals surface area contributed by atoms with E-state index in [2.05, 4.69) is 10.2 Å². The zero-order chi connectivity index (χ0) is 15.2. The predicted molar refractivity (Wildman–Crippen MR) is 73.7 cm³/mol. The van der Waals surface area contributed by atoms with Crippen molar-refractivity contribution in [3.8, 4) is 11.3 Å². The Labute approximate surface area is 120 Å². The lowest BCUT2D eigenvalue weighted by molar-refractivity contribution is 0.0697. The summed E-state index contributed by atoms with van der Waals surface area (Å²) in [4.78, 5) is 11.4. The van der Waals surface area contributed by atoms with Gasteiger partial charge in [0.25, 0.3) is 0 Å². The lowest BCUT2D eigenvalue weighted by atomic mass is 10.1. The molecule has 21 heavy (non-hydrogen) atoms. The Bertz CT molecular complexity index is 805. The largest absolute Gasteiger partial charge is 0.478 e. The van der Waals surface area contributed by atoms with E-state index in [0.29, 0.717) is 17.7 Å². The Balaban J connectivity index is 2.03. The van der Waals surface area contributed by atoms with Crippen LogP contribution >= 0.6 is 0 Å². The van der Waals surface area contributed by atoms with Crippen LogP contribution in [0.1, 0.15) is 22.8 Å². The normalized spacial score (nSPS) is 20.7. The van der Waals surface area contributed by atoms with Crippen molar-refractivity contribution in [1.82, 2.24) is 19.6 Å². The fourth-order valence-corrected chi connectivity index (χ4v) is 4.18. The van der Waals surface area contributed by atoms with Gasteiger partial charge < -0.3 is 5.11 Å². The summed E-state index contributed by atoms with van der Waals surface area (Å²) in [7, 11) is -1.33. The van der Waals surface area contributed by atoms with Crippen LogP contribution in [-0.2, 0) is 16.9 Å². The standard InChI is InChI=1S/C12H14N4O4S/c1-15-5-8(4-13-15)11-10(12(17)18)6-16(14-11)9-2-3-21(19,20)7-9/h4-6,9H,2-3,7H2,1H3,(H,17,18). The number of aromatic carboxylic acids is 1. The summed E-state index contributed by atoms with van der Waals surface area (Å²) in [6.07, 6.45) is 5.06. The number of carboxylic acids is 1. The minimum absolute atomic E-state index is 0.000217. The maximum Gasteiger partial charge on any atom is 0.339 e. The lowest BCUT2D eigenvalue weighted by Crippen LogP contribution is -2.11. The van der Waals surface area contributed by atoms with Crippen LogP contribution in [0.5, 0.6) is 0 Å². The number of carbonyl (C=O) groups is 1. The first-order valence-corrected chi connectivity index (χ1v) is 8.20. The van der Waals surface area contributed by atoms with Crippen LogP contribution in [-0.4, -0.2) is 50.6 Å². The molecular weight excluding hydrogens is 296 g/mol. The molecule has 2 aromatic heterocycles. The molecule has 0 radical (unpaired) electrons. The first-order valence-electron chi connectivity index (χ1n) is 6.37. The fourth-order valence-electron chi connectivity index (χ4n) is 2.48. The molecule has 0 aromatic carbocycles. The van der Waals surface area contributed by atoms with Crippen LogP contribution in [0.3, 0.4) is 0 Å². The average molecular weight is 310 g/mol. The van der Waals surface area contributed by atoms with E-state index >= 15 is 0 Å². The molecule has 1 aliphatic rings. The third-order valence-corrected chi connectivity index (χ3v) is 5.27. The molecule has 0 aliphatic carbocycles. The van der Waals surface area contributed by atoms with E-state index in [9.17, 15) is 18.3 Å². The number of hydrogen-bond donors (Lipinski definition) is 1. The van der Waals surface area contributed by atoms with E-state index in [-0.39, 0.29) is 23.1 Å². The number of aromatic nitrogens is 4.